The number of nitrogens with zero attached hydrogens (tertiary/aromatic N) is 1. The Morgan fingerprint density at radius 3 is 2.75 bits per heavy atom. The third kappa shape index (κ3) is 3.98. The Bertz CT molecular complexity index is 174. The Morgan fingerprint density at radius 2 is 2.33 bits per heavy atom. The second-order valence-corrected chi connectivity index (χ2v) is 5.44. The van der Waals surface area contributed by atoms with Crippen molar-refractivity contribution in [2.45, 2.75) is 4.83 Å². The number of thioether (sulfide) groups is 1. The molecule has 6 heteroatoms. The highest BCUT2D eigenvalue weighted by Gasteiger charge is 2.19. The first-order valence-electron chi connectivity index (χ1n) is 3.44. The molecular weight excluding hydrogens is 372 g/mol. The summed E-state index contributed by atoms with van der Waals surface area (Å²) in [4.78, 5) is 0.500. The van der Waals surface area contributed by atoms with Crippen LogP contribution in [-0.4, -0.2) is 38.7 Å². The van der Waals surface area contributed by atoms with Crippen molar-refractivity contribution in [1.29, 1.82) is 0 Å². The quantitative estimate of drug-likeness (QED) is 0.462. The summed E-state index contributed by atoms with van der Waals surface area (Å²) in [5.41, 5.74) is 5.75. The molecule has 1 atom stereocenters. The highest BCUT2D eigenvalue weighted by molar-refractivity contribution is 9.12. The lowest BCUT2D eigenvalue weighted by molar-refractivity contribution is -0.516. The molecule has 0 amide bonds. The molecule has 0 fully saturated rings. The molecule has 72 valence electrons. The number of halogens is 3. The molecular formula is C6H11Br3N2S. The van der Waals surface area contributed by atoms with Crippen LogP contribution in [0.4, 0.5) is 0 Å². The van der Waals surface area contributed by atoms with E-state index in [0.29, 0.717) is 4.83 Å². The van der Waals surface area contributed by atoms with Crippen LogP contribution in [0.3, 0.4) is 0 Å². The van der Waals surface area contributed by atoms with Gasteiger partial charge in [0, 0.05) is 11.1 Å². The first-order chi connectivity index (χ1) is 5.24. The van der Waals surface area contributed by atoms with Crippen molar-refractivity contribution >= 4 is 48.8 Å². The van der Waals surface area contributed by atoms with Gasteiger partial charge in [0.1, 0.15) is 0 Å². The Morgan fingerprint density at radius 1 is 1.67 bits per heavy atom. The van der Waals surface area contributed by atoms with Crippen LogP contribution in [0.15, 0.2) is 0 Å². The molecule has 1 heterocycles. The van der Waals surface area contributed by atoms with Crippen molar-refractivity contribution in [3.05, 3.63) is 0 Å². The van der Waals surface area contributed by atoms with E-state index in [9.17, 15) is 0 Å². The summed E-state index contributed by atoms with van der Waals surface area (Å²) < 4.78 is 2.21. The van der Waals surface area contributed by atoms with Gasteiger partial charge in [0.15, 0.2) is 0 Å². The van der Waals surface area contributed by atoms with Gasteiger partial charge in [-0.25, -0.2) is 0 Å². The lowest BCUT2D eigenvalue weighted by Gasteiger charge is -2.05. The molecule has 2 nitrogen and oxygen atoms in total. The highest BCUT2D eigenvalue weighted by Crippen LogP contribution is 2.11. The molecule has 0 aromatic heterocycles. The SMILES string of the molecule is NC1=[N+](CC(Br)CBr)CCS1.[Br-]. The van der Waals surface area contributed by atoms with Gasteiger partial charge >= 0.3 is 5.17 Å². The number of rotatable bonds is 3. The van der Waals surface area contributed by atoms with Crippen LogP contribution in [0.2, 0.25) is 0 Å². The number of nitrogens with two attached hydrogens (primary N) is 1. The molecule has 0 bridgehead atoms. The van der Waals surface area contributed by atoms with Crippen molar-refractivity contribution in [3.63, 3.8) is 0 Å². The fraction of sp³-hybridized carbons (Fsp3) is 0.833. The predicted molar refractivity (Wildman–Crippen MR) is 58.2 cm³/mol. The molecule has 1 unspecified atom stereocenters. The maximum absolute atomic E-state index is 5.75. The standard InChI is InChI=1S/C6H10Br2N2S.BrH/c7-3-5(8)4-10-1-2-11-6(10)9;/h5,9H,1-4H2;1H. The van der Waals surface area contributed by atoms with Crippen molar-refractivity contribution in [2.75, 3.05) is 24.2 Å². The Kier molecular flexibility index (Phi) is 7.38. The van der Waals surface area contributed by atoms with Gasteiger partial charge in [0.05, 0.1) is 17.9 Å². The zero-order chi connectivity index (χ0) is 8.27. The lowest BCUT2D eigenvalue weighted by Crippen LogP contribution is -3.00. The van der Waals surface area contributed by atoms with Crippen LogP contribution in [0, 0.1) is 0 Å². The first-order valence-corrected chi connectivity index (χ1v) is 6.46. The van der Waals surface area contributed by atoms with E-state index in [1.54, 1.807) is 11.8 Å². The lowest BCUT2D eigenvalue weighted by atomic mass is 10.4. The molecule has 0 aromatic carbocycles. The summed E-state index contributed by atoms with van der Waals surface area (Å²) >= 11 is 8.70. The zero-order valence-electron chi connectivity index (χ0n) is 6.47. The largest absolute Gasteiger partial charge is 1.00 e. The molecule has 1 aliphatic rings. The molecule has 0 radical (unpaired) electrons. The molecule has 0 aliphatic carbocycles. The zero-order valence-corrected chi connectivity index (χ0v) is 12.0. The summed E-state index contributed by atoms with van der Waals surface area (Å²) in [5.74, 6) is 1.13. The smallest absolute Gasteiger partial charge is 0.304 e. The Labute approximate surface area is 104 Å². The minimum absolute atomic E-state index is 0. The highest BCUT2D eigenvalue weighted by atomic mass is 79.9. The van der Waals surface area contributed by atoms with Gasteiger partial charge in [0.2, 0.25) is 0 Å². The third-order valence-electron chi connectivity index (χ3n) is 1.51. The van der Waals surface area contributed by atoms with Crippen LogP contribution in [0.1, 0.15) is 0 Å². The van der Waals surface area contributed by atoms with Gasteiger partial charge in [-0.3, -0.25) is 10.3 Å². The summed E-state index contributed by atoms with van der Waals surface area (Å²) in [6, 6.07) is 0. The van der Waals surface area contributed by atoms with Crippen LogP contribution < -0.4 is 22.7 Å². The minimum atomic E-state index is 0. The minimum Gasteiger partial charge on any atom is -1.00 e. The molecule has 0 saturated heterocycles. The van der Waals surface area contributed by atoms with E-state index in [2.05, 4.69) is 36.4 Å². The summed E-state index contributed by atoms with van der Waals surface area (Å²) in [6.45, 7) is 2.09. The molecule has 1 rings (SSSR count). The van der Waals surface area contributed by atoms with Crippen LogP contribution in [0.25, 0.3) is 0 Å². The molecule has 12 heavy (non-hydrogen) atoms. The molecule has 0 saturated carbocycles. The molecule has 0 aromatic rings. The second-order valence-electron chi connectivity index (χ2n) is 2.38. The number of hydrogen-bond acceptors (Lipinski definition) is 2. The van der Waals surface area contributed by atoms with Crippen LogP contribution >= 0.6 is 43.6 Å². The van der Waals surface area contributed by atoms with Gasteiger partial charge in [-0.2, -0.15) is 0 Å². The van der Waals surface area contributed by atoms with E-state index in [-0.39, 0.29) is 17.0 Å². The van der Waals surface area contributed by atoms with E-state index in [1.807, 2.05) is 0 Å². The fourth-order valence-corrected chi connectivity index (χ4v) is 2.35. The summed E-state index contributed by atoms with van der Waals surface area (Å²) in [6.07, 6.45) is 0. The number of amidine groups is 1. The van der Waals surface area contributed by atoms with Crippen molar-refractivity contribution in [3.8, 4) is 0 Å². The summed E-state index contributed by atoms with van der Waals surface area (Å²) in [7, 11) is 0. The van der Waals surface area contributed by atoms with Crippen molar-refractivity contribution in [1.82, 2.24) is 0 Å². The van der Waals surface area contributed by atoms with Gasteiger partial charge in [-0.05, 0) is 11.8 Å². The molecule has 0 spiro atoms. The maximum atomic E-state index is 5.75. The average Bonchev–Trinajstić information content (AvgIpc) is 2.37. The van der Waals surface area contributed by atoms with E-state index in [0.717, 1.165) is 29.3 Å². The normalized spacial score (nSPS) is 19.2. The van der Waals surface area contributed by atoms with E-state index >= 15 is 0 Å². The molecule has 2 N–H and O–H groups in total. The van der Waals surface area contributed by atoms with E-state index in [1.165, 1.54) is 0 Å². The second kappa shape index (κ2) is 6.68. The van der Waals surface area contributed by atoms with Crippen LogP contribution in [-0.2, 0) is 0 Å². The Balaban J connectivity index is 0.00000121. The van der Waals surface area contributed by atoms with Crippen molar-refractivity contribution in [2.24, 2.45) is 5.73 Å². The average molecular weight is 383 g/mol. The van der Waals surface area contributed by atoms with Gasteiger partial charge in [-0.15, -0.1) is 0 Å². The van der Waals surface area contributed by atoms with Gasteiger partial charge in [-0.1, -0.05) is 31.9 Å². The number of alkyl halides is 2. The predicted octanol–water partition coefficient (Wildman–Crippen LogP) is -1.78. The first kappa shape index (κ1) is 13.3. The van der Waals surface area contributed by atoms with Gasteiger partial charge in [0.25, 0.3) is 0 Å². The monoisotopic (exact) mass is 380 g/mol. The van der Waals surface area contributed by atoms with Crippen LogP contribution in [0.5, 0.6) is 0 Å². The van der Waals surface area contributed by atoms with E-state index in [4.69, 9.17) is 5.73 Å². The fourth-order valence-electron chi connectivity index (χ4n) is 0.931. The number of hydrogen-bond donors (Lipinski definition) is 1. The third-order valence-corrected chi connectivity index (χ3v) is 4.71. The van der Waals surface area contributed by atoms with Gasteiger partial charge < -0.3 is 17.0 Å². The summed E-state index contributed by atoms with van der Waals surface area (Å²) in [5, 5.41) is 1.94. The van der Waals surface area contributed by atoms with Crippen molar-refractivity contribution < 1.29 is 21.6 Å². The topological polar surface area (TPSA) is 29.0 Å². The Hall–Kier alpha value is 1.26. The molecule has 1 aliphatic heterocycles. The van der Waals surface area contributed by atoms with E-state index < -0.39 is 0 Å². The maximum Gasteiger partial charge on any atom is 0.304 e.